The van der Waals surface area contributed by atoms with Gasteiger partial charge in [-0.05, 0) is 65.3 Å². The molecule has 1 amide bonds. The lowest BCUT2D eigenvalue weighted by Gasteiger charge is -2.08. The largest absolute Gasteiger partial charge is 0.322 e. The van der Waals surface area contributed by atoms with Gasteiger partial charge in [0.15, 0.2) is 0 Å². The number of para-hydroxylation sites is 1. The first-order chi connectivity index (χ1) is 12.6. The highest BCUT2D eigenvalue weighted by molar-refractivity contribution is 9.10. The number of aromatic nitrogens is 2. The molecule has 5 heteroatoms. The van der Waals surface area contributed by atoms with Gasteiger partial charge < -0.3 is 5.32 Å². The van der Waals surface area contributed by atoms with E-state index in [1.54, 1.807) is 6.07 Å². The number of anilines is 1. The predicted molar refractivity (Wildman–Crippen MR) is 108 cm³/mol. The predicted octanol–water partition coefficient (Wildman–Crippen LogP) is 5.35. The summed E-state index contributed by atoms with van der Waals surface area (Å²) in [5, 5.41) is 2.94. The first-order valence-electron chi connectivity index (χ1n) is 8.24. The van der Waals surface area contributed by atoms with Gasteiger partial charge in [-0.3, -0.25) is 9.36 Å². The SMILES string of the molecule is Cc1nc2cc(NC(=O)c3ccccc3Br)ccc2n1-c1ccccc1. The molecule has 3 aromatic carbocycles. The standard InChI is InChI=1S/C21H16BrN3O/c1-14-23-19-13-15(24-21(26)17-9-5-6-10-18(17)22)11-12-20(19)25(14)16-7-3-2-4-8-16/h2-13H,1H3,(H,24,26). The third-order valence-electron chi connectivity index (χ3n) is 4.21. The summed E-state index contributed by atoms with van der Waals surface area (Å²) in [6.07, 6.45) is 0. The Balaban J connectivity index is 1.69. The Hall–Kier alpha value is -2.92. The highest BCUT2D eigenvalue weighted by Crippen LogP contribution is 2.25. The Labute approximate surface area is 159 Å². The molecule has 26 heavy (non-hydrogen) atoms. The molecule has 0 aliphatic rings. The van der Waals surface area contributed by atoms with E-state index in [1.807, 2.05) is 61.5 Å². The lowest BCUT2D eigenvalue weighted by molar-refractivity contribution is 0.102. The van der Waals surface area contributed by atoms with E-state index in [4.69, 9.17) is 0 Å². The molecule has 0 radical (unpaired) electrons. The van der Waals surface area contributed by atoms with Crippen molar-refractivity contribution in [1.82, 2.24) is 9.55 Å². The van der Waals surface area contributed by atoms with Gasteiger partial charge in [0.2, 0.25) is 0 Å². The topological polar surface area (TPSA) is 46.9 Å². The maximum absolute atomic E-state index is 12.5. The van der Waals surface area contributed by atoms with E-state index in [2.05, 4.69) is 42.9 Å². The van der Waals surface area contributed by atoms with Crippen molar-refractivity contribution in [3.63, 3.8) is 0 Å². The molecule has 0 bridgehead atoms. The zero-order valence-corrected chi connectivity index (χ0v) is 15.7. The summed E-state index contributed by atoms with van der Waals surface area (Å²) in [6, 6.07) is 23.3. The molecule has 4 rings (SSSR count). The minimum atomic E-state index is -0.156. The molecular formula is C21H16BrN3O. The molecule has 0 atom stereocenters. The number of amides is 1. The van der Waals surface area contributed by atoms with Crippen molar-refractivity contribution >= 4 is 38.6 Å². The number of benzene rings is 3. The highest BCUT2D eigenvalue weighted by Gasteiger charge is 2.12. The molecule has 0 aliphatic carbocycles. The number of nitrogens with zero attached hydrogens (tertiary/aromatic N) is 2. The Bertz CT molecular complexity index is 1100. The lowest BCUT2D eigenvalue weighted by atomic mass is 10.2. The quantitative estimate of drug-likeness (QED) is 0.499. The van der Waals surface area contributed by atoms with E-state index in [0.29, 0.717) is 5.56 Å². The van der Waals surface area contributed by atoms with Crippen LogP contribution in [0, 0.1) is 6.92 Å². The number of aryl methyl sites for hydroxylation is 1. The Morgan fingerprint density at radius 3 is 2.50 bits per heavy atom. The molecule has 4 nitrogen and oxygen atoms in total. The van der Waals surface area contributed by atoms with Gasteiger partial charge in [0, 0.05) is 15.8 Å². The van der Waals surface area contributed by atoms with Crippen LogP contribution in [-0.2, 0) is 0 Å². The van der Waals surface area contributed by atoms with Crippen molar-refractivity contribution in [3.8, 4) is 5.69 Å². The van der Waals surface area contributed by atoms with E-state index < -0.39 is 0 Å². The molecule has 1 aromatic heterocycles. The monoisotopic (exact) mass is 405 g/mol. The fourth-order valence-electron chi connectivity index (χ4n) is 3.03. The van der Waals surface area contributed by atoms with E-state index in [-0.39, 0.29) is 5.91 Å². The van der Waals surface area contributed by atoms with Crippen LogP contribution < -0.4 is 5.32 Å². The number of halogens is 1. The second kappa shape index (κ2) is 6.77. The van der Waals surface area contributed by atoms with Crippen LogP contribution in [0.5, 0.6) is 0 Å². The fraction of sp³-hybridized carbons (Fsp3) is 0.0476. The number of rotatable bonds is 3. The van der Waals surface area contributed by atoms with Crippen LogP contribution in [-0.4, -0.2) is 15.5 Å². The number of imidazole rings is 1. The summed E-state index contributed by atoms with van der Waals surface area (Å²) in [6.45, 7) is 1.98. The van der Waals surface area contributed by atoms with Crippen LogP contribution >= 0.6 is 15.9 Å². The summed E-state index contributed by atoms with van der Waals surface area (Å²) >= 11 is 3.41. The third kappa shape index (κ3) is 3.02. The average Bonchev–Trinajstić information content (AvgIpc) is 2.97. The van der Waals surface area contributed by atoms with E-state index in [9.17, 15) is 4.79 Å². The van der Waals surface area contributed by atoms with Crippen LogP contribution in [0.1, 0.15) is 16.2 Å². The van der Waals surface area contributed by atoms with E-state index >= 15 is 0 Å². The number of carbonyl (C=O) groups excluding carboxylic acids is 1. The normalized spacial score (nSPS) is 10.8. The van der Waals surface area contributed by atoms with Gasteiger partial charge in [0.1, 0.15) is 5.82 Å². The van der Waals surface area contributed by atoms with Crippen molar-refractivity contribution in [1.29, 1.82) is 0 Å². The van der Waals surface area contributed by atoms with Crippen molar-refractivity contribution in [2.45, 2.75) is 6.92 Å². The number of carbonyl (C=O) groups is 1. The maximum Gasteiger partial charge on any atom is 0.256 e. The van der Waals surface area contributed by atoms with Crippen molar-refractivity contribution in [2.24, 2.45) is 0 Å². The smallest absolute Gasteiger partial charge is 0.256 e. The van der Waals surface area contributed by atoms with Gasteiger partial charge in [-0.25, -0.2) is 4.98 Å². The molecule has 0 unspecified atom stereocenters. The average molecular weight is 406 g/mol. The summed E-state index contributed by atoms with van der Waals surface area (Å²) in [7, 11) is 0. The van der Waals surface area contributed by atoms with Crippen LogP contribution in [0.3, 0.4) is 0 Å². The number of nitrogens with one attached hydrogen (secondary N) is 1. The molecule has 1 N–H and O–H groups in total. The first kappa shape index (κ1) is 16.5. The van der Waals surface area contributed by atoms with Crippen molar-refractivity contribution in [3.05, 3.63) is 88.7 Å². The molecule has 0 saturated carbocycles. The van der Waals surface area contributed by atoms with Gasteiger partial charge in [0.25, 0.3) is 5.91 Å². The minimum absolute atomic E-state index is 0.156. The van der Waals surface area contributed by atoms with Crippen molar-refractivity contribution in [2.75, 3.05) is 5.32 Å². The Morgan fingerprint density at radius 1 is 1.00 bits per heavy atom. The number of fused-ring (bicyclic) bond motifs is 1. The molecule has 0 saturated heterocycles. The van der Waals surface area contributed by atoms with E-state index in [1.165, 1.54) is 0 Å². The Kier molecular flexibility index (Phi) is 4.31. The van der Waals surface area contributed by atoms with Crippen molar-refractivity contribution < 1.29 is 4.79 Å². The highest BCUT2D eigenvalue weighted by atomic mass is 79.9. The molecule has 128 valence electrons. The molecule has 0 spiro atoms. The number of hydrogen-bond donors (Lipinski definition) is 1. The molecule has 0 aliphatic heterocycles. The summed E-state index contributed by atoms with van der Waals surface area (Å²) in [4.78, 5) is 17.1. The van der Waals surface area contributed by atoms with Gasteiger partial charge in [-0.15, -0.1) is 0 Å². The molecule has 4 aromatic rings. The fourth-order valence-corrected chi connectivity index (χ4v) is 3.49. The van der Waals surface area contributed by atoms with Crippen LogP contribution in [0.2, 0.25) is 0 Å². The zero-order chi connectivity index (χ0) is 18.1. The minimum Gasteiger partial charge on any atom is -0.322 e. The summed E-state index contributed by atoms with van der Waals surface area (Å²) in [5.74, 6) is 0.747. The lowest BCUT2D eigenvalue weighted by Crippen LogP contribution is -2.12. The van der Waals surface area contributed by atoms with Crippen LogP contribution in [0.15, 0.2) is 77.3 Å². The summed E-state index contributed by atoms with van der Waals surface area (Å²) < 4.78 is 2.87. The van der Waals surface area contributed by atoms with Gasteiger partial charge in [-0.1, -0.05) is 30.3 Å². The second-order valence-corrected chi connectivity index (χ2v) is 6.82. The third-order valence-corrected chi connectivity index (χ3v) is 4.90. The maximum atomic E-state index is 12.5. The number of hydrogen-bond acceptors (Lipinski definition) is 2. The van der Waals surface area contributed by atoms with Gasteiger partial charge in [0.05, 0.1) is 16.6 Å². The van der Waals surface area contributed by atoms with Gasteiger partial charge in [-0.2, -0.15) is 0 Å². The van der Waals surface area contributed by atoms with Gasteiger partial charge >= 0.3 is 0 Å². The zero-order valence-electron chi connectivity index (χ0n) is 14.1. The van der Waals surface area contributed by atoms with Crippen LogP contribution in [0.4, 0.5) is 5.69 Å². The molecule has 0 fully saturated rings. The molecular weight excluding hydrogens is 390 g/mol. The summed E-state index contributed by atoms with van der Waals surface area (Å²) in [5.41, 5.74) is 4.23. The van der Waals surface area contributed by atoms with E-state index in [0.717, 1.165) is 32.7 Å². The molecule has 1 heterocycles. The first-order valence-corrected chi connectivity index (χ1v) is 9.03. The Morgan fingerprint density at radius 2 is 1.73 bits per heavy atom. The second-order valence-electron chi connectivity index (χ2n) is 5.97. The van der Waals surface area contributed by atoms with Crippen LogP contribution in [0.25, 0.3) is 16.7 Å².